The number of nitrogens with one attached hydrogen (secondary N) is 2. The zero-order chi connectivity index (χ0) is 25.7. The average Bonchev–Trinajstić information content (AvgIpc) is 3.28. The number of ether oxygens (including phenoxy) is 2. The van der Waals surface area contributed by atoms with Gasteiger partial charge in [-0.3, -0.25) is 19.8 Å². The molecule has 2 aromatic heterocycles. The molecule has 1 aliphatic heterocycles. The van der Waals surface area contributed by atoms with Gasteiger partial charge in [-0.05, 0) is 30.3 Å². The molecule has 190 valence electrons. The summed E-state index contributed by atoms with van der Waals surface area (Å²) in [6.45, 7) is 1.87. The first-order chi connectivity index (χ1) is 17.2. The standard InChI is InChI=1S/C21H20F3N7O4S/c22-21(23,24)35-15-2-1-12(9-14(15)27-17(32)11-31-5-7-34-8-6-31)18(33)28-20-30-29-19(36-20)13-3-4-26-16(25)10-13/h1-4,9-10H,5-8,11H2,(H2,25,26)(H,27,32)(H,28,30,33). The smallest absolute Gasteiger partial charge is 0.404 e. The van der Waals surface area contributed by atoms with Gasteiger partial charge in [0.25, 0.3) is 5.91 Å². The van der Waals surface area contributed by atoms with Crippen molar-refractivity contribution in [3.05, 3.63) is 42.1 Å². The van der Waals surface area contributed by atoms with Crippen LogP contribution in [0.5, 0.6) is 5.75 Å². The fourth-order valence-corrected chi connectivity index (χ4v) is 4.01. The zero-order valence-electron chi connectivity index (χ0n) is 18.5. The Morgan fingerprint density at radius 3 is 2.64 bits per heavy atom. The van der Waals surface area contributed by atoms with Gasteiger partial charge < -0.3 is 20.5 Å². The number of carbonyl (C=O) groups is 2. The van der Waals surface area contributed by atoms with Crippen molar-refractivity contribution < 1.29 is 32.2 Å². The van der Waals surface area contributed by atoms with Gasteiger partial charge in [0.2, 0.25) is 11.0 Å². The van der Waals surface area contributed by atoms with Crippen LogP contribution in [-0.2, 0) is 9.53 Å². The molecule has 1 aliphatic rings. The third kappa shape index (κ3) is 6.87. The highest BCUT2D eigenvalue weighted by atomic mass is 32.1. The fraction of sp³-hybridized carbons (Fsp3) is 0.286. The molecule has 15 heteroatoms. The Bertz CT molecular complexity index is 1250. The largest absolute Gasteiger partial charge is 0.573 e. The minimum Gasteiger partial charge on any atom is -0.404 e. The number of alkyl halides is 3. The van der Waals surface area contributed by atoms with E-state index in [4.69, 9.17) is 10.5 Å². The summed E-state index contributed by atoms with van der Waals surface area (Å²) >= 11 is 1.07. The molecule has 36 heavy (non-hydrogen) atoms. The number of pyridine rings is 1. The number of hydrogen-bond donors (Lipinski definition) is 3. The number of rotatable bonds is 7. The number of nitrogens with two attached hydrogens (primary N) is 1. The molecule has 0 radical (unpaired) electrons. The van der Waals surface area contributed by atoms with Crippen molar-refractivity contribution >= 4 is 39.8 Å². The summed E-state index contributed by atoms with van der Waals surface area (Å²) in [7, 11) is 0. The maximum absolute atomic E-state index is 12.9. The van der Waals surface area contributed by atoms with E-state index in [0.29, 0.717) is 36.9 Å². The van der Waals surface area contributed by atoms with Crippen LogP contribution < -0.4 is 21.1 Å². The van der Waals surface area contributed by atoms with Crippen LogP contribution in [-0.4, -0.2) is 71.1 Å². The molecular formula is C21H20F3N7O4S. The fourth-order valence-electron chi connectivity index (χ4n) is 3.28. The van der Waals surface area contributed by atoms with Crippen molar-refractivity contribution in [1.29, 1.82) is 0 Å². The van der Waals surface area contributed by atoms with E-state index >= 15 is 0 Å². The maximum atomic E-state index is 12.9. The number of amides is 2. The Morgan fingerprint density at radius 1 is 1.14 bits per heavy atom. The van der Waals surface area contributed by atoms with Gasteiger partial charge in [0.15, 0.2) is 5.75 Å². The van der Waals surface area contributed by atoms with E-state index in [1.807, 2.05) is 0 Å². The highest BCUT2D eigenvalue weighted by molar-refractivity contribution is 7.18. The van der Waals surface area contributed by atoms with E-state index in [2.05, 4.69) is 30.6 Å². The number of nitrogens with zero attached hydrogens (tertiary/aromatic N) is 4. The Labute approximate surface area is 206 Å². The van der Waals surface area contributed by atoms with Crippen LogP contribution in [0.25, 0.3) is 10.6 Å². The number of nitrogen functional groups attached to an aromatic ring is 1. The molecule has 11 nitrogen and oxygen atoms in total. The minimum absolute atomic E-state index is 0.0314. The van der Waals surface area contributed by atoms with E-state index in [0.717, 1.165) is 29.5 Å². The number of hydrogen-bond acceptors (Lipinski definition) is 10. The molecule has 2 amide bonds. The molecule has 0 unspecified atom stereocenters. The second-order valence-corrected chi connectivity index (χ2v) is 8.51. The molecule has 0 aliphatic carbocycles. The molecule has 4 N–H and O–H groups in total. The van der Waals surface area contributed by atoms with Crippen molar-refractivity contribution in [2.45, 2.75) is 6.36 Å². The number of benzene rings is 1. The van der Waals surface area contributed by atoms with Gasteiger partial charge in [-0.15, -0.1) is 23.4 Å². The van der Waals surface area contributed by atoms with E-state index in [9.17, 15) is 22.8 Å². The third-order valence-corrected chi connectivity index (χ3v) is 5.77. The van der Waals surface area contributed by atoms with Crippen LogP contribution in [0, 0.1) is 0 Å². The van der Waals surface area contributed by atoms with Crippen LogP contribution in [0.3, 0.4) is 0 Å². The monoisotopic (exact) mass is 523 g/mol. The van der Waals surface area contributed by atoms with Crippen molar-refractivity contribution in [2.24, 2.45) is 0 Å². The van der Waals surface area contributed by atoms with Gasteiger partial charge in [0.1, 0.15) is 10.8 Å². The van der Waals surface area contributed by atoms with E-state index in [1.165, 1.54) is 6.20 Å². The molecule has 3 heterocycles. The first-order valence-electron chi connectivity index (χ1n) is 10.5. The SMILES string of the molecule is Nc1cc(-c2nnc(NC(=O)c3ccc(OC(F)(F)F)c(NC(=O)CN4CCOCC4)c3)s2)ccn1. The Hall–Kier alpha value is -3.82. The van der Waals surface area contributed by atoms with E-state index < -0.39 is 23.9 Å². The van der Waals surface area contributed by atoms with Crippen LogP contribution >= 0.6 is 11.3 Å². The Balaban J connectivity index is 1.50. The van der Waals surface area contributed by atoms with Gasteiger partial charge in [0.05, 0.1) is 25.4 Å². The van der Waals surface area contributed by atoms with Gasteiger partial charge in [-0.1, -0.05) is 11.3 Å². The molecular weight excluding hydrogens is 503 g/mol. The topological polar surface area (TPSA) is 145 Å². The molecule has 1 fully saturated rings. The van der Waals surface area contributed by atoms with Crippen LogP contribution in [0.4, 0.5) is 29.8 Å². The van der Waals surface area contributed by atoms with Crippen LogP contribution in [0.15, 0.2) is 36.5 Å². The average molecular weight is 523 g/mol. The number of carbonyl (C=O) groups excluding carboxylic acids is 2. The van der Waals surface area contributed by atoms with Gasteiger partial charge in [-0.2, -0.15) is 0 Å². The zero-order valence-corrected chi connectivity index (χ0v) is 19.4. The number of aromatic nitrogens is 3. The van der Waals surface area contributed by atoms with E-state index in [1.54, 1.807) is 17.0 Å². The molecule has 0 saturated carbocycles. The molecule has 1 saturated heterocycles. The quantitative estimate of drug-likeness (QED) is 0.426. The van der Waals surface area contributed by atoms with Crippen molar-refractivity contribution in [3.8, 4) is 16.3 Å². The summed E-state index contributed by atoms with van der Waals surface area (Å²) < 4.78 is 47.9. The summed E-state index contributed by atoms with van der Waals surface area (Å²) in [5, 5.41) is 13.5. The molecule has 1 aromatic carbocycles. The van der Waals surface area contributed by atoms with Crippen molar-refractivity contribution in [1.82, 2.24) is 20.1 Å². The van der Waals surface area contributed by atoms with Gasteiger partial charge in [0, 0.05) is 30.4 Å². The maximum Gasteiger partial charge on any atom is 0.573 e. The Morgan fingerprint density at radius 2 is 1.92 bits per heavy atom. The lowest BCUT2D eigenvalue weighted by atomic mass is 10.1. The summed E-state index contributed by atoms with van der Waals surface area (Å²) in [6, 6.07) is 6.46. The number of halogens is 3. The number of anilines is 3. The summed E-state index contributed by atoms with van der Waals surface area (Å²) in [4.78, 5) is 30.9. The number of morpholine rings is 1. The van der Waals surface area contributed by atoms with Crippen molar-refractivity contribution in [3.63, 3.8) is 0 Å². The first-order valence-corrected chi connectivity index (χ1v) is 11.3. The summed E-state index contributed by atoms with van der Waals surface area (Å²) in [6.07, 6.45) is -3.49. The normalized spacial score (nSPS) is 14.3. The Kier molecular flexibility index (Phi) is 7.61. The van der Waals surface area contributed by atoms with Crippen LogP contribution in [0.1, 0.15) is 10.4 Å². The lowest BCUT2D eigenvalue weighted by molar-refractivity contribution is -0.274. The minimum atomic E-state index is -4.99. The predicted octanol–water partition coefficient (Wildman–Crippen LogP) is 2.60. The second-order valence-electron chi connectivity index (χ2n) is 7.53. The molecule has 0 bridgehead atoms. The predicted molar refractivity (Wildman–Crippen MR) is 125 cm³/mol. The van der Waals surface area contributed by atoms with Gasteiger partial charge >= 0.3 is 6.36 Å². The lowest BCUT2D eigenvalue weighted by Gasteiger charge is -2.26. The van der Waals surface area contributed by atoms with Crippen molar-refractivity contribution in [2.75, 3.05) is 49.2 Å². The molecule has 4 rings (SSSR count). The molecule has 0 atom stereocenters. The highest BCUT2D eigenvalue weighted by Gasteiger charge is 2.32. The summed E-state index contributed by atoms with van der Waals surface area (Å²) in [5.74, 6) is -1.60. The molecule has 3 aromatic rings. The van der Waals surface area contributed by atoms with Gasteiger partial charge in [-0.25, -0.2) is 4.98 Å². The second kappa shape index (κ2) is 10.8. The third-order valence-electron chi connectivity index (χ3n) is 4.89. The van der Waals surface area contributed by atoms with E-state index in [-0.39, 0.29) is 28.7 Å². The first kappa shape index (κ1) is 25.3. The molecule has 0 spiro atoms. The van der Waals surface area contributed by atoms with Crippen LogP contribution in [0.2, 0.25) is 0 Å². The summed E-state index contributed by atoms with van der Waals surface area (Å²) in [5.41, 5.74) is 5.99. The lowest BCUT2D eigenvalue weighted by Crippen LogP contribution is -2.41. The highest BCUT2D eigenvalue weighted by Crippen LogP contribution is 2.32.